The number of unbranched alkanes of at least 4 members (excludes halogenated alkanes) is 4. The molecule has 1 aromatic carbocycles. The normalized spacial score (nSPS) is 10.5. The first kappa shape index (κ1) is 14.5. The number of benzene rings is 1. The van der Waals surface area contributed by atoms with Crippen molar-refractivity contribution in [2.24, 2.45) is 0 Å². The minimum Gasteiger partial charge on any atom is -0.491 e. The quantitative estimate of drug-likeness (QED) is 0.566. The van der Waals surface area contributed by atoms with Crippen LogP contribution >= 0.6 is 23.2 Å². The Hall–Kier alpha value is -0.600. The highest BCUT2D eigenvalue weighted by atomic mass is 35.5. The summed E-state index contributed by atoms with van der Waals surface area (Å²) >= 11 is 11.7. The molecule has 4 heteroatoms. The molecule has 0 unspecified atom stereocenters. The van der Waals surface area contributed by atoms with Gasteiger partial charge in [0.15, 0.2) is 0 Å². The van der Waals surface area contributed by atoms with Crippen molar-refractivity contribution < 1.29 is 4.74 Å². The molecule has 0 heterocycles. The van der Waals surface area contributed by atoms with Crippen molar-refractivity contribution in [1.82, 2.24) is 0 Å². The lowest BCUT2D eigenvalue weighted by Crippen LogP contribution is -2.00. The Balaban J connectivity index is 2.34. The molecular weight excluding hydrogens is 257 g/mol. The Morgan fingerprint density at radius 1 is 1.06 bits per heavy atom. The first-order valence-corrected chi connectivity index (χ1v) is 6.78. The van der Waals surface area contributed by atoms with E-state index in [1.54, 1.807) is 12.1 Å². The molecule has 0 spiro atoms. The summed E-state index contributed by atoms with van der Waals surface area (Å²) in [5.41, 5.74) is 6.32. The highest BCUT2D eigenvalue weighted by molar-refractivity contribution is 6.42. The van der Waals surface area contributed by atoms with Gasteiger partial charge >= 0.3 is 0 Å². The molecule has 1 aromatic rings. The summed E-state index contributed by atoms with van der Waals surface area (Å²) in [5.74, 6) is 0.620. The smallest absolute Gasteiger partial charge is 0.143 e. The molecular formula is C13H19Cl2NO. The van der Waals surface area contributed by atoms with Crippen molar-refractivity contribution in [3.63, 3.8) is 0 Å². The van der Waals surface area contributed by atoms with Gasteiger partial charge in [0.05, 0.1) is 22.3 Å². The number of hydrogen-bond donors (Lipinski definition) is 1. The number of nitrogens with two attached hydrogens (primary N) is 1. The van der Waals surface area contributed by atoms with Gasteiger partial charge in [-0.2, -0.15) is 0 Å². The van der Waals surface area contributed by atoms with Gasteiger partial charge in [0.25, 0.3) is 0 Å². The summed E-state index contributed by atoms with van der Waals surface area (Å²) in [4.78, 5) is 0. The van der Waals surface area contributed by atoms with E-state index in [-0.39, 0.29) is 0 Å². The van der Waals surface area contributed by atoms with Crippen LogP contribution in [0.2, 0.25) is 10.0 Å². The lowest BCUT2D eigenvalue weighted by atomic mass is 10.2. The molecule has 0 amide bonds. The van der Waals surface area contributed by atoms with Gasteiger partial charge in [-0.3, -0.25) is 0 Å². The van der Waals surface area contributed by atoms with Crippen LogP contribution in [0.1, 0.15) is 39.0 Å². The van der Waals surface area contributed by atoms with E-state index in [4.69, 9.17) is 33.7 Å². The van der Waals surface area contributed by atoms with E-state index in [9.17, 15) is 0 Å². The molecule has 1 rings (SSSR count). The van der Waals surface area contributed by atoms with E-state index < -0.39 is 0 Å². The number of halogens is 2. The van der Waals surface area contributed by atoms with Crippen LogP contribution in [-0.2, 0) is 0 Å². The first-order chi connectivity index (χ1) is 8.15. The van der Waals surface area contributed by atoms with E-state index in [1.807, 2.05) is 0 Å². The minimum atomic E-state index is 0.458. The van der Waals surface area contributed by atoms with Gasteiger partial charge in [0.1, 0.15) is 5.75 Å². The zero-order valence-electron chi connectivity index (χ0n) is 10.1. The van der Waals surface area contributed by atoms with Gasteiger partial charge in [-0.15, -0.1) is 0 Å². The third-order valence-corrected chi connectivity index (χ3v) is 3.28. The van der Waals surface area contributed by atoms with Crippen molar-refractivity contribution in [3.8, 4) is 5.75 Å². The molecule has 0 radical (unpaired) electrons. The van der Waals surface area contributed by atoms with Crippen LogP contribution in [0, 0.1) is 0 Å². The maximum atomic E-state index is 5.90. The van der Waals surface area contributed by atoms with Gasteiger partial charge in [-0.25, -0.2) is 0 Å². The monoisotopic (exact) mass is 275 g/mol. The summed E-state index contributed by atoms with van der Waals surface area (Å²) in [6.07, 6.45) is 6.03. The molecule has 0 aliphatic carbocycles. The fourth-order valence-corrected chi connectivity index (χ4v) is 1.88. The van der Waals surface area contributed by atoms with Crippen LogP contribution in [0.15, 0.2) is 12.1 Å². The lowest BCUT2D eigenvalue weighted by Gasteiger charge is -2.10. The van der Waals surface area contributed by atoms with Gasteiger partial charge in [-0.1, -0.05) is 55.8 Å². The van der Waals surface area contributed by atoms with Crippen LogP contribution in [-0.4, -0.2) is 6.61 Å². The molecule has 96 valence electrons. The molecule has 17 heavy (non-hydrogen) atoms. The van der Waals surface area contributed by atoms with Crippen molar-refractivity contribution in [2.45, 2.75) is 39.0 Å². The van der Waals surface area contributed by atoms with Crippen LogP contribution < -0.4 is 10.5 Å². The minimum absolute atomic E-state index is 0.458. The highest BCUT2D eigenvalue weighted by Gasteiger charge is 2.05. The molecule has 0 saturated carbocycles. The first-order valence-electron chi connectivity index (χ1n) is 6.02. The molecule has 2 N–H and O–H groups in total. The molecule has 0 bridgehead atoms. The summed E-state index contributed by atoms with van der Waals surface area (Å²) in [7, 11) is 0. The number of rotatable bonds is 7. The zero-order chi connectivity index (χ0) is 12.7. The molecule has 2 nitrogen and oxygen atoms in total. The van der Waals surface area contributed by atoms with Gasteiger partial charge < -0.3 is 10.5 Å². The third-order valence-electron chi connectivity index (χ3n) is 2.56. The molecule has 0 atom stereocenters. The van der Waals surface area contributed by atoms with Gasteiger partial charge in [0, 0.05) is 6.07 Å². The van der Waals surface area contributed by atoms with Gasteiger partial charge in [-0.05, 0) is 12.5 Å². The average Bonchev–Trinajstić information content (AvgIpc) is 2.30. The molecule has 0 aliphatic heterocycles. The van der Waals surface area contributed by atoms with Crippen LogP contribution in [0.25, 0.3) is 0 Å². The zero-order valence-corrected chi connectivity index (χ0v) is 11.7. The Kier molecular flexibility index (Phi) is 6.53. The van der Waals surface area contributed by atoms with E-state index >= 15 is 0 Å². The molecule has 0 aromatic heterocycles. The molecule has 0 fully saturated rings. The number of anilines is 1. The summed E-state index contributed by atoms with van der Waals surface area (Å²) in [6.45, 7) is 2.87. The van der Waals surface area contributed by atoms with E-state index in [0.717, 1.165) is 6.42 Å². The molecule has 0 saturated heterocycles. The summed E-state index contributed by atoms with van der Waals surface area (Å²) in [6, 6.07) is 3.29. The maximum Gasteiger partial charge on any atom is 0.143 e. The van der Waals surface area contributed by atoms with E-state index in [0.29, 0.717) is 28.1 Å². The van der Waals surface area contributed by atoms with Crippen molar-refractivity contribution in [1.29, 1.82) is 0 Å². The predicted molar refractivity (Wildman–Crippen MR) is 75.1 cm³/mol. The average molecular weight is 276 g/mol. The SMILES string of the molecule is CCCCCCCOc1cc(Cl)c(Cl)cc1N. The topological polar surface area (TPSA) is 35.2 Å². The Morgan fingerprint density at radius 2 is 1.71 bits per heavy atom. The Labute approximate surface area is 113 Å². The fraction of sp³-hybridized carbons (Fsp3) is 0.538. The lowest BCUT2D eigenvalue weighted by molar-refractivity contribution is 0.306. The Bertz CT molecular complexity index is 356. The highest BCUT2D eigenvalue weighted by Crippen LogP contribution is 2.32. The van der Waals surface area contributed by atoms with Crippen molar-refractivity contribution in [2.75, 3.05) is 12.3 Å². The fourth-order valence-electron chi connectivity index (χ4n) is 1.56. The van der Waals surface area contributed by atoms with Crippen LogP contribution in [0.3, 0.4) is 0 Å². The standard InChI is InChI=1S/C13H19Cl2NO/c1-2-3-4-5-6-7-17-13-9-11(15)10(14)8-12(13)16/h8-9H,2-7,16H2,1H3. The van der Waals surface area contributed by atoms with Gasteiger partial charge in [0.2, 0.25) is 0 Å². The van der Waals surface area contributed by atoms with E-state index in [2.05, 4.69) is 6.92 Å². The molecule has 0 aliphatic rings. The predicted octanol–water partition coefficient (Wildman–Crippen LogP) is 4.92. The van der Waals surface area contributed by atoms with Crippen molar-refractivity contribution >= 4 is 28.9 Å². The van der Waals surface area contributed by atoms with E-state index in [1.165, 1.54) is 25.7 Å². The number of ether oxygens (including phenoxy) is 1. The number of hydrogen-bond acceptors (Lipinski definition) is 2. The second kappa shape index (κ2) is 7.67. The second-order valence-electron chi connectivity index (χ2n) is 4.07. The summed E-state index contributed by atoms with van der Waals surface area (Å²) < 4.78 is 5.58. The Morgan fingerprint density at radius 3 is 2.41 bits per heavy atom. The third kappa shape index (κ3) is 5.05. The summed E-state index contributed by atoms with van der Waals surface area (Å²) in [5, 5.41) is 0.932. The maximum absolute atomic E-state index is 5.90. The second-order valence-corrected chi connectivity index (χ2v) is 4.88. The van der Waals surface area contributed by atoms with Crippen LogP contribution in [0.5, 0.6) is 5.75 Å². The van der Waals surface area contributed by atoms with Crippen LogP contribution in [0.4, 0.5) is 5.69 Å². The number of nitrogen functional groups attached to an aromatic ring is 1. The van der Waals surface area contributed by atoms with Crippen molar-refractivity contribution in [3.05, 3.63) is 22.2 Å². The largest absolute Gasteiger partial charge is 0.491 e.